The molecule has 0 aliphatic heterocycles. The summed E-state index contributed by atoms with van der Waals surface area (Å²) in [5, 5.41) is 7.98. The third-order valence-electron chi connectivity index (χ3n) is 3.33. The lowest BCUT2D eigenvalue weighted by atomic mass is 10.0. The second-order valence-corrected chi connectivity index (χ2v) is 5.49. The summed E-state index contributed by atoms with van der Waals surface area (Å²) < 4.78 is 4.89. The van der Waals surface area contributed by atoms with Gasteiger partial charge in [0.25, 0.3) is 0 Å². The monoisotopic (exact) mass is 378 g/mol. The molecule has 0 saturated carbocycles. The molecule has 2 N–H and O–H groups in total. The van der Waals surface area contributed by atoms with Gasteiger partial charge in [0.2, 0.25) is 5.91 Å². The Morgan fingerprint density at radius 2 is 2.04 bits per heavy atom. The quantitative estimate of drug-likeness (QED) is 0.756. The van der Waals surface area contributed by atoms with Crippen molar-refractivity contribution in [3.8, 4) is 0 Å². The van der Waals surface area contributed by atoms with E-state index in [2.05, 4.69) is 26.6 Å². The first-order valence-electron chi connectivity index (χ1n) is 7.42. The van der Waals surface area contributed by atoms with E-state index in [-0.39, 0.29) is 5.91 Å². The number of amides is 2. The minimum Gasteiger partial charge on any atom is -0.450 e. The highest BCUT2D eigenvalue weighted by Gasteiger charge is 2.06. The van der Waals surface area contributed by atoms with E-state index >= 15 is 0 Å². The highest BCUT2D eigenvalue weighted by molar-refractivity contribution is 9.09. The van der Waals surface area contributed by atoms with E-state index < -0.39 is 6.09 Å². The van der Waals surface area contributed by atoms with Crippen molar-refractivity contribution in [3.63, 3.8) is 0 Å². The van der Waals surface area contributed by atoms with Crippen LogP contribution in [0.4, 0.5) is 10.5 Å². The van der Waals surface area contributed by atoms with Gasteiger partial charge >= 0.3 is 6.09 Å². The molecule has 0 atom stereocenters. The molecule has 0 heterocycles. The van der Waals surface area contributed by atoms with Crippen molar-refractivity contribution < 1.29 is 14.3 Å². The van der Waals surface area contributed by atoms with Crippen molar-refractivity contribution >= 4 is 44.4 Å². The van der Waals surface area contributed by atoms with Gasteiger partial charge in [-0.25, -0.2) is 4.79 Å². The van der Waals surface area contributed by atoms with Crippen LogP contribution in [0.3, 0.4) is 0 Å². The number of ether oxygens (including phenoxy) is 1. The number of nitrogens with one attached hydrogen (secondary N) is 2. The number of benzene rings is 2. The molecule has 0 bridgehead atoms. The second kappa shape index (κ2) is 8.53. The van der Waals surface area contributed by atoms with Crippen LogP contribution < -0.4 is 10.6 Å². The van der Waals surface area contributed by atoms with Gasteiger partial charge in [-0.2, -0.15) is 0 Å². The molecule has 2 aromatic rings. The van der Waals surface area contributed by atoms with Crippen LogP contribution in [0.2, 0.25) is 0 Å². The fourth-order valence-electron chi connectivity index (χ4n) is 2.30. The Morgan fingerprint density at radius 3 is 2.78 bits per heavy atom. The molecule has 0 radical (unpaired) electrons. The number of anilines is 1. The third-order valence-corrected chi connectivity index (χ3v) is 3.84. The van der Waals surface area contributed by atoms with Crippen molar-refractivity contribution in [2.24, 2.45) is 0 Å². The van der Waals surface area contributed by atoms with Gasteiger partial charge in [-0.3, -0.25) is 10.1 Å². The summed E-state index contributed by atoms with van der Waals surface area (Å²) >= 11 is 3.12. The Morgan fingerprint density at radius 1 is 1.22 bits per heavy atom. The summed E-state index contributed by atoms with van der Waals surface area (Å²) in [6.45, 7) is 2.66. The van der Waals surface area contributed by atoms with E-state index in [0.717, 1.165) is 22.8 Å². The molecule has 2 rings (SSSR count). The zero-order chi connectivity index (χ0) is 16.7. The minimum atomic E-state index is -0.464. The topological polar surface area (TPSA) is 67.4 Å². The van der Waals surface area contributed by atoms with E-state index in [1.165, 1.54) is 0 Å². The van der Waals surface area contributed by atoms with Crippen LogP contribution in [-0.2, 0) is 16.0 Å². The Kier molecular flexibility index (Phi) is 6.40. The zero-order valence-corrected chi connectivity index (χ0v) is 14.5. The van der Waals surface area contributed by atoms with Crippen LogP contribution in [-0.4, -0.2) is 30.5 Å². The fraction of sp³-hybridized carbons (Fsp3) is 0.294. The normalized spacial score (nSPS) is 10.3. The smallest absolute Gasteiger partial charge is 0.411 e. The molecular weight excluding hydrogens is 360 g/mol. The number of carbonyl (C=O) groups excluding carboxylic acids is 2. The van der Waals surface area contributed by atoms with E-state index in [4.69, 9.17) is 4.74 Å². The Bertz CT molecular complexity index is 703. The van der Waals surface area contributed by atoms with Gasteiger partial charge in [-0.15, -0.1) is 0 Å². The molecule has 2 aromatic carbocycles. The van der Waals surface area contributed by atoms with Crippen molar-refractivity contribution in [2.75, 3.05) is 23.8 Å². The van der Waals surface area contributed by atoms with Crippen LogP contribution in [0.1, 0.15) is 12.5 Å². The largest absolute Gasteiger partial charge is 0.450 e. The van der Waals surface area contributed by atoms with E-state index in [1.807, 2.05) is 36.4 Å². The molecule has 0 saturated heterocycles. The Hall–Kier alpha value is -2.08. The number of halogens is 1. The van der Waals surface area contributed by atoms with Gasteiger partial charge in [0.05, 0.1) is 11.9 Å². The van der Waals surface area contributed by atoms with Crippen molar-refractivity contribution in [1.82, 2.24) is 5.32 Å². The molecule has 0 aliphatic rings. The van der Waals surface area contributed by atoms with Gasteiger partial charge in [-0.1, -0.05) is 40.2 Å². The SMILES string of the molecule is CCOC(=O)Nc1ccc2cccc(CCNC(=O)CBr)c2c1. The summed E-state index contributed by atoms with van der Waals surface area (Å²) in [4.78, 5) is 22.8. The fourth-order valence-corrected chi connectivity index (χ4v) is 2.50. The molecule has 0 fully saturated rings. The highest BCUT2D eigenvalue weighted by atomic mass is 79.9. The first-order chi connectivity index (χ1) is 11.1. The number of fused-ring (bicyclic) bond motifs is 1. The standard InChI is InChI=1S/C17H19BrN2O3/c1-2-23-17(22)20-14-7-6-12-4-3-5-13(15(12)10-14)8-9-19-16(21)11-18/h3-7,10H,2,8-9,11H2,1H3,(H,19,21)(H,20,22). The maximum absolute atomic E-state index is 11.5. The van der Waals surface area contributed by atoms with Crippen molar-refractivity contribution in [3.05, 3.63) is 42.0 Å². The number of hydrogen-bond acceptors (Lipinski definition) is 3. The minimum absolute atomic E-state index is 0.0325. The highest BCUT2D eigenvalue weighted by Crippen LogP contribution is 2.23. The lowest BCUT2D eigenvalue weighted by Crippen LogP contribution is -2.26. The van der Waals surface area contributed by atoms with Gasteiger partial charge in [0, 0.05) is 12.2 Å². The number of hydrogen-bond donors (Lipinski definition) is 2. The number of alkyl halides is 1. The van der Waals surface area contributed by atoms with E-state index in [9.17, 15) is 9.59 Å². The van der Waals surface area contributed by atoms with Crippen molar-refractivity contribution in [2.45, 2.75) is 13.3 Å². The average molecular weight is 379 g/mol. The maximum atomic E-state index is 11.5. The van der Waals surface area contributed by atoms with Gasteiger partial charge in [0.1, 0.15) is 0 Å². The lowest BCUT2D eigenvalue weighted by molar-refractivity contribution is -0.118. The molecular formula is C17H19BrN2O3. The zero-order valence-electron chi connectivity index (χ0n) is 12.9. The lowest BCUT2D eigenvalue weighted by Gasteiger charge is -2.10. The summed E-state index contributed by atoms with van der Waals surface area (Å²) in [7, 11) is 0. The number of carbonyl (C=O) groups is 2. The summed E-state index contributed by atoms with van der Waals surface area (Å²) in [6.07, 6.45) is 0.257. The molecule has 2 amide bonds. The molecule has 0 aliphatic carbocycles. The predicted octanol–water partition coefficient (Wildman–Crippen LogP) is 3.46. The molecule has 0 spiro atoms. The van der Waals surface area contributed by atoms with Crippen LogP contribution in [0.5, 0.6) is 0 Å². The van der Waals surface area contributed by atoms with E-state index in [0.29, 0.717) is 24.2 Å². The van der Waals surface area contributed by atoms with Gasteiger partial charge < -0.3 is 10.1 Å². The molecule has 23 heavy (non-hydrogen) atoms. The first-order valence-corrected chi connectivity index (χ1v) is 8.54. The summed E-state index contributed by atoms with van der Waals surface area (Å²) in [5.74, 6) is -0.0325. The molecule has 0 aromatic heterocycles. The Balaban J connectivity index is 2.16. The van der Waals surface area contributed by atoms with Crippen LogP contribution in [0.25, 0.3) is 10.8 Å². The van der Waals surface area contributed by atoms with Crippen molar-refractivity contribution in [1.29, 1.82) is 0 Å². The predicted molar refractivity (Wildman–Crippen MR) is 95.1 cm³/mol. The summed E-state index contributed by atoms with van der Waals surface area (Å²) in [5.41, 5.74) is 1.80. The molecule has 0 unspecified atom stereocenters. The number of rotatable bonds is 6. The van der Waals surface area contributed by atoms with Crippen LogP contribution in [0, 0.1) is 0 Å². The second-order valence-electron chi connectivity index (χ2n) is 4.93. The maximum Gasteiger partial charge on any atom is 0.411 e. The molecule has 122 valence electrons. The first kappa shape index (κ1) is 17.3. The summed E-state index contributed by atoms with van der Waals surface area (Å²) in [6, 6.07) is 11.8. The van der Waals surface area contributed by atoms with Gasteiger partial charge in [0.15, 0.2) is 0 Å². The third kappa shape index (κ3) is 4.96. The Labute approximate surface area is 143 Å². The van der Waals surface area contributed by atoms with Gasteiger partial charge in [-0.05, 0) is 41.8 Å². The van der Waals surface area contributed by atoms with Crippen LogP contribution >= 0.6 is 15.9 Å². The van der Waals surface area contributed by atoms with Crippen LogP contribution in [0.15, 0.2) is 36.4 Å². The molecule has 5 nitrogen and oxygen atoms in total. The molecule has 6 heteroatoms. The van der Waals surface area contributed by atoms with E-state index in [1.54, 1.807) is 6.92 Å². The average Bonchev–Trinajstić information content (AvgIpc) is 2.55.